The van der Waals surface area contributed by atoms with Gasteiger partial charge in [0.1, 0.15) is 0 Å². The number of ether oxygens (including phenoxy) is 2. The van der Waals surface area contributed by atoms with Gasteiger partial charge in [-0.25, -0.2) is 8.42 Å². The molecule has 0 saturated carbocycles. The molecule has 0 aliphatic rings. The number of sulfonamides is 1. The van der Waals surface area contributed by atoms with Gasteiger partial charge in [0, 0.05) is 13.1 Å². The lowest BCUT2D eigenvalue weighted by atomic mass is 10.1. The number of carbonyl (C=O) groups excluding carboxylic acids is 2. The van der Waals surface area contributed by atoms with Crippen molar-refractivity contribution < 1.29 is 27.5 Å². The molecule has 0 bridgehead atoms. The number of benzene rings is 3. The number of hydrogen-bond acceptors (Lipinski definition) is 6. The number of nitrogens with one attached hydrogen (secondary N) is 2. The average molecular weight is 512 g/mol. The van der Waals surface area contributed by atoms with E-state index in [1.807, 2.05) is 37.3 Å². The highest BCUT2D eigenvalue weighted by Crippen LogP contribution is 2.30. The first-order valence-electron chi connectivity index (χ1n) is 11.1. The van der Waals surface area contributed by atoms with Crippen LogP contribution in [0.2, 0.25) is 0 Å². The van der Waals surface area contributed by atoms with Crippen molar-refractivity contribution in [3.63, 3.8) is 0 Å². The smallest absolute Gasteiger partial charge is 0.253 e. The molecular weight excluding hydrogens is 482 g/mol. The van der Waals surface area contributed by atoms with Crippen LogP contribution in [0.15, 0.2) is 77.7 Å². The second kappa shape index (κ2) is 11.7. The topological polar surface area (TPSA) is 114 Å². The van der Waals surface area contributed by atoms with Gasteiger partial charge in [0.2, 0.25) is 15.9 Å². The molecule has 190 valence electrons. The third-order valence-electron chi connectivity index (χ3n) is 5.52. The molecule has 3 rings (SSSR count). The maximum atomic E-state index is 13.0. The lowest BCUT2D eigenvalue weighted by molar-refractivity contribution is -0.116. The first kappa shape index (κ1) is 26.7. The summed E-state index contributed by atoms with van der Waals surface area (Å²) in [6.07, 6.45) is 0. The number of anilines is 1. The number of amides is 2. The van der Waals surface area contributed by atoms with Crippen LogP contribution in [-0.2, 0) is 14.8 Å². The van der Waals surface area contributed by atoms with E-state index in [1.54, 1.807) is 24.3 Å². The minimum atomic E-state index is -4.00. The maximum absolute atomic E-state index is 13.0. The fourth-order valence-corrected chi connectivity index (χ4v) is 4.67. The molecule has 0 heterocycles. The average Bonchev–Trinajstić information content (AvgIpc) is 2.88. The molecule has 0 fully saturated rings. The van der Waals surface area contributed by atoms with Crippen LogP contribution in [0.3, 0.4) is 0 Å². The predicted octanol–water partition coefficient (Wildman–Crippen LogP) is 3.45. The summed E-state index contributed by atoms with van der Waals surface area (Å²) in [7, 11) is 0.148. The summed E-state index contributed by atoms with van der Waals surface area (Å²) < 4.78 is 37.3. The number of para-hydroxylation sites is 1. The third kappa shape index (κ3) is 6.21. The molecule has 36 heavy (non-hydrogen) atoms. The van der Waals surface area contributed by atoms with Crippen LogP contribution < -0.4 is 20.1 Å². The van der Waals surface area contributed by atoms with Gasteiger partial charge >= 0.3 is 0 Å². The molecule has 3 aromatic rings. The summed E-state index contributed by atoms with van der Waals surface area (Å²) in [5, 5.41) is 5.56. The molecule has 2 N–H and O–H groups in total. The molecule has 10 heteroatoms. The Morgan fingerprint density at radius 3 is 2.22 bits per heavy atom. The Morgan fingerprint density at radius 2 is 1.56 bits per heavy atom. The maximum Gasteiger partial charge on any atom is 0.253 e. The number of carbonyl (C=O) groups is 2. The molecule has 0 spiro atoms. The van der Waals surface area contributed by atoms with Crippen molar-refractivity contribution in [1.82, 2.24) is 9.62 Å². The van der Waals surface area contributed by atoms with E-state index in [2.05, 4.69) is 10.6 Å². The quantitative estimate of drug-likeness (QED) is 0.431. The van der Waals surface area contributed by atoms with Crippen molar-refractivity contribution >= 4 is 27.5 Å². The Bertz CT molecular complexity index is 1330. The second-order valence-corrected chi connectivity index (χ2v) is 10.0. The van der Waals surface area contributed by atoms with Gasteiger partial charge in [-0.2, -0.15) is 4.31 Å². The van der Waals surface area contributed by atoms with Crippen LogP contribution in [-0.4, -0.2) is 52.3 Å². The van der Waals surface area contributed by atoms with Crippen LogP contribution in [0, 0.1) is 0 Å². The Balaban J connectivity index is 1.71. The van der Waals surface area contributed by atoms with Crippen molar-refractivity contribution in [2.24, 2.45) is 0 Å². The Hall–Kier alpha value is -3.89. The van der Waals surface area contributed by atoms with E-state index in [0.29, 0.717) is 5.75 Å². The summed E-state index contributed by atoms with van der Waals surface area (Å²) in [6, 6.07) is 20.0. The molecule has 0 radical (unpaired) electrons. The summed E-state index contributed by atoms with van der Waals surface area (Å²) in [5.74, 6) is -0.333. The second-order valence-electron chi connectivity index (χ2n) is 7.98. The summed E-state index contributed by atoms with van der Waals surface area (Å²) in [6.45, 7) is 1.40. The highest BCUT2D eigenvalue weighted by molar-refractivity contribution is 7.89. The molecule has 0 unspecified atom stereocenters. The molecule has 2 amide bonds. The number of methoxy groups -OCH3 is 2. The van der Waals surface area contributed by atoms with Gasteiger partial charge in [0.05, 0.1) is 43.0 Å². The zero-order valence-electron chi connectivity index (χ0n) is 20.5. The molecule has 9 nitrogen and oxygen atoms in total. The van der Waals surface area contributed by atoms with E-state index >= 15 is 0 Å². The van der Waals surface area contributed by atoms with Crippen LogP contribution in [0.1, 0.15) is 28.9 Å². The van der Waals surface area contributed by atoms with Crippen LogP contribution in [0.25, 0.3) is 0 Å². The molecule has 0 saturated heterocycles. The lowest BCUT2D eigenvalue weighted by Gasteiger charge is -2.19. The predicted molar refractivity (Wildman–Crippen MR) is 137 cm³/mol. The van der Waals surface area contributed by atoms with Crippen molar-refractivity contribution in [3.05, 3.63) is 83.9 Å². The standard InChI is InChI=1S/C26H29N3O6S/c1-18(19-10-6-5-7-11-19)27-26(31)21-12-8-9-13-22(21)28-25(30)17-29(2)36(32,33)20-14-15-23(34-3)24(16-20)35-4/h5-16,18H,17H2,1-4H3,(H,27,31)(H,28,30)/t18-/m1/s1. The summed E-state index contributed by atoms with van der Waals surface area (Å²) >= 11 is 0. The molecule has 0 aliphatic heterocycles. The zero-order chi connectivity index (χ0) is 26.3. The van der Waals surface area contributed by atoms with Gasteiger partial charge in [-0.1, -0.05) is 42.5 Å². The monoisotopic (exact) mass is 511 g/mol. The summed E-state index contributed by atoms with van der Waals surface area (Å²) in [5.41, 5.74) is 1.48. The van der Waals surface area contributed by atoms with E-state index in [9.17, 15) is 18.0 Å². The molecular formula is C26H29N3O6S. The van der Waals surface area contributed by atoms with Crippen molar-refractivity contribution in [2.75, 3.05) is 33.1 Å². The van der Waals surface area contributed by atoms with Crippen LogP contribution >= 0.6 is 0 Å². The lowest BCUT2D eigenvalue weighted by Crippen LogP contribution is -2.35. The zero-order valence-corrected chi connectivity index (χ0v) is 21.3. The fraction of sp³-hybridized carbons (Fsp3) is 0.231. The summed E-state index contributed by atoms with van der Waals surface area (Å²) in [4.78, 5) is 25.6. The van der Waals surface area contributed by atoms with E-state index in [-0.39, 0.29) is 33.8 Å². The molecule has 1 atom stereocenters. The number of nitrogens with zero attached hydrogens (tertiary/aromatic N) is 1. The molecule has 0 aromatic heterocycles. The highest BCUT2D eigenvalue weighted by atomic mass is 32.2. The van der Waals surface area contributed by atoms with Gasteiger partial charge in [-0.15, -0.1) is 0 Å². The Morgan fingerprint density at radius 1 is 0.917 bits per heavy atom. The third-order valence-corrected chi connectivity index (χ3v) is 7.32. The largest absolute Gasteiger partial charge is 0.493 e. The van der Waals surface area contributed by atoms with E-state index < -0.39 is 22.5 Å². The highest BCUT2D eigenvalue weighted by Gasteiger charge is 2.25. The van der Waals surface area contributed by atoms with Crippen molar-refractivity contribution in [2.45, 2.75) is 17.9 Å². The van der Waals surface area contributed by atoms with Crippen LogP contribution in [0.5, 0.6) is 11.5 Å². The Labute approximate surface area is 211 Å². The number of likely N-dealkylation sites (N-methyl/N-ethyl adjacent to an activating group) is 1. The minimum absolute atomic E-state index is 0.0508. The van der Waals surface area contributed by atoms with Gasteiger partial charge in [-0.05, 0) is 36.8 Å². The van der Waals surface area contributed by atoms with Crippen molar-refractivity contribution in [1.29, 1.82) is 0 Å². The van der Waals surface area contributed by atoms with Gasteiger partial charge < -0.3 is 20.1 Å². The van der Waals surface area contributed by atoms with E-state index in [0.717, 1.165) is 9.87 Å². The number of rotatable bonds is 10. The molecule has 3 aromatic carbocycles. The number of hydrogen-bond donors (Lipinski definition) is 2. The van der Waals surface area contributed by atoms with E-state index in [1.165, 1.54) is 39.5 Å². The molecule has 0 aliphatic carbocycles. The fourth-order valence-electron chi connectivity index (χ4n) is 3.52. The van der Waals surface area contributed by atoms with Gasteiger partial charge in [0.15, 0.2) is 11.5 Å². The van der Waals surface area contributed by atoms with Crippen LogP contribution in [0.4, 0.5) is 5.69 Å². The first-order valence-corrected chi connectivity index (χ1v) is 12.5. The Kier molecular flexibility index (Phi) is 8.68. The minimum Gasteiger partial charge on any atom is -0.493 e. The SMILES string of the molecule is COc1ccc(S(=O)(=O)N(C)CC(=O)Nc2ccccc2C(=O)N[C@H](C)c2ccccc2)cc1OC. The van der Waals surface area contributed by atoms with Crippen molar-refractivity contribution in [3.8, 4) is 11.5 Å². The van der Waals surface area contributed by atoms with E-state index in [4.69, 9.17) is 9.47 Å². The van der Waals surface area contributed by atoms with Gasteiger partial charge in [-0.3, -0.25) is 9.59 Å². The first-order chi connectivity index (χ1) is 17.2. The normalized spacial score (nSPS) is 12.0. The van der Waals surface area contributed by atoms with Gasteiger partial charge in [0.25, 0.3) is 5.91 Å².